The fourth-order valence-electron chi connectivity index (χ4n) is 3.21. The largest absolute Gasteiger partial charge is 0.374 e. The van der Waals surface area contributed by atoms with E-state index in [1.165, 1.54) is 0 Å². The molecule has 1 aromatic rings. The van der Waals surface area contributed by atoms with Gasteiger partial charge < -0.3 is 15.0 Å². The van der Waals surface area contributed by atoms with Crippen molar-refractivity contribution in [1.29, 1.82) is 0 Å². The number of nitrogens with zero attached hydrogens (tertiary/aromatic N) is 1. The van der Waals surface area contributed by atoms with E-state index in [9.17, 15) is 9.59 Å². The van der Waals surface area contributed by atoms with Gasteiger partial charge in [-0.3, -0.25) is 9.59 Å². The Morgan fingerprint density at radius 3 is 2.54 bits per heavy atom. The molecule has 144 valence electrons. The maximum atomic E-state index is 12.6. The molecule has 0 unspecified atom stereocenters. The number of benzene rings is 1. The summed E-state index contributed by atoms with van der Waals surface area (Å²) in [6, 6.07) is 8.02. The first kappa shape index (κ1) is 20.4. The Bertz CT molecular complexity index is 613. The highest BCUT2D eigenvalue weighted by atomic mass is 16.5. The van der Waals surface area contributed by atoms with Crippen molar-refractivity contribution in [3.63, 3.8) is 0 Å². The molecule has 5 heteroatoms. The zero-order valence-corrected chi connectivity index (χ0v) is 16.5. The third-order valence-corrected chi connectivity index (χ3v) is 4.74. The van der Waals surface area contributed by atoms with E-state index in [0.29, 0.717) is 19.7 Å². The van der Waals surface area contributed by atoms with Gasteiger partial charge >= 0.3 is 0 Å². The van der Waals surface area contributed by atoms with Crippen LogP contribution in [0.5, 0.6) is 0 Å². The third-order valence-electron chi connectivity index (χ3n) is 4.74. The Labute approximate surface area is 157 Å². The first-order chi connectivity index (χ1) is 12.4. The molecule has 5 nitrogen and oxygen atoms in total. The summed E-state index contributed by atoms with van der Waals surface area (Å²) in [5, 5.41) is 3.05. The monoisotopic (exact) mass is 360 g/mol. The lowest BCUT2D eigenvalue weighted by atomic mass is 9.96. The maximum absolute atomic E-state index is 12.6. The lowest BCUT2D eigenvalue weighted by Crippen LogP contribution is -2.46. The molecule has 1 saturated heterocycles. The van der Waals surface area contributed by atoms with Crippen LogP contribution in [0, 0.1) is 11.8 Å². The number of hydrogen-bond acceptors (Lipinski definition) is 3. The fourth-order valence-corrected chi connectivity index (χ4v) is 3.21. The highest BCUT2D eigenvalue weighted by Gasteiger charge is 2.29. The van der Waals surface area contributed by atoms with Crippen LogP contribution in [0.2, 0.25) is 0 Å². The number of likely N-dealkylation sites (tertiary alicyclic amines) is 1. The number of piperidine rings is 1. The zero-order chi connectivity index (χ0) is 19.1. The second-order valence-corrected chi connectivity index (χ2v) is 7.62. The molecule has 1 N–H and O–H groups in total. The molecule has 0 radical (unpaired) electrons. The summed E-state index contributed by atoms with van der Waals surface area (Å²) >= 11 is 0. The van der Waals surface area contributed by atoms with Gasteiger partial charge in [0.2, 0.25) is 11.8 Å². The van der Waals surface area contributed by atoms with Crippen molar-refractivity contribution < 1.29 is 14.3 Å². The van der Waals surface area contributed by atoms with Gasteiger partial charge in [-0.1, -0.05) is 38.1 Å². The highest BCUT2D eigenvalue weighted by molar-refractivity contribution is 5.82. The molecule has 1 aliphatic heterocycles. The van der Waals surface area contributed by atoms with Crippen molar-refractivity contribution in [2.75, 3.05) is 13.1 Å². The molecule has 26 heavy (non-hydrogen) atoms. The topological polar surface area (TPSA) is 58.6 Å². The van der Waals surface area contributed by atoms with Crippen LogP contribution in [0.3, 0.4) is 0 Å². The third kappa shape index (κ3) is 5.84. The SMILES string of the molecule is CC(C)OCc1ccccc1CNC(=O)[C@H]1CCCN(C(=O)C(C)C)C1. The molecule has 1 heterocycles. The van der Waals surface area contributed by atoms with Crippen LogP contribution in [0.15, 0.2) is 24.3 Å². The molecule has 0 bridgehead atoms. The lowest BCUT2D eigenvalue weighted by Gasteiger charge is -2.33. The van der Waals surface area contributed by atoms with E-state index in [2.05, 4.69) is 5.32 Å². The molecule has 0 aliphatic carbocycles. The van der Waals surface area contributed by atoms with Gasteiger partial charge in [-0.05, 0) is 37.8 Å². The molecule has 1 aliphatic rings. The number of ether oxygens (including phenoxy) is 1. The van der Waals surface area contributed by atoms with Gasteiger partial charge in [0.05, 0.1) is 18.6 Å². The van der Waals surface area contributed by atoms with Gasteiger partial charge in [0.15, 0.2) is 0 Å². The average molecular weight is 360 g/mol. The minimum Gasteiger partial charge on any atom is -0.374 e. The molecule has 0 aromatic heterocycles. The smallest absolute Gasteiger partial charge is 0.225 e. The number of rotatable bonds is 7. The summed E-state index contributed by atoms with van der Waals surface area (Å²) < 4.78 is 5.70. The normalized spacial score (nSPS) is 17.6. The second-order valence-electron chi connectivity index (χ2n) is 7.62. The van der Waals surface area contributed by atoms with Crippen LogP contribution in [-0.4, -0.2) is 35.9 Å². The van der Waals surface area contributed by atoms with E-state index in [1.54, 1.807) is 0 Å². The lowest BCUT2D eigenvalue weighted by molar-refractivity contribution is -0.138. The molecule has 1 aromatic carbocycles. The zero-order valence-electron chi connectivity index (χ0n) is 16.5. The van der Waals surface area contributed by atoms with Crippen molar-refractivity contribution in [3.05, 3.63) is 35.4 Å². The molecule has 1 fully saturated rings. The van der Waals surface area contributed by atoms with Crippen LogP contribution in [0.25, 0.3) is 0 Å². The quantitative estimate of drug-likeness (QED) is 0.813. The number of carbonyl (C=O) groups excluding carboxylic acids is 2. The molecule has 0 saturated carbocycles. The minimum atomic E-state index is -0.120. The van der Waals surface area contributed by atoms with Crippen molar-refractivity contribution in [2.45, 2.75) is 59.8 Å². The maximum Gasteiger partial charge on any atom is 0.225 e. The standard InChI is InChI=1S/C21H32N2O3/c1-15(2)21(25)23-11-7-10-18(13-23)20(24)22-12-17-8-5-6-9-19(17)14-26-16(3)4/h5-6,8-9,15-16,18H,7,10-14H2,1-4H3,(H,22,24)/t18-/m0/s1. The predicted molar refractivity (Wildman–Crippen MR) is 102 cm³/mol. The fraction of sp³-hybridized carbons (Fsp3) is 0.619. The Balaban J connectivity index is 1.91. The predicted octanol–water partition coefficient (Wildman–Crippen LogP) is 3.12. The minimum absolute atomic E-state index is 0.0235. The van der Waals surface area contributed by atoms with E-state index in [0.717, 1.165) is 30.5 Å². The van der Waals surface area contributed by atoms with Gasteiger partial charge in [0.25, 0.3) is 0 Å². The summed E-state index contributed by atoms with van der Waals surface area (Å²) in [6.45, 7) is 10.2. The van der Waals surface area contributed by atoms with Gasteiger partial charge in [-0.2, -0.15) is 0 Å². The second kappa shape index (κ2) is 9.72. The molecular formula is C21H32N2O3. The first-order valence-corrected chi connectivity index (χ1v) is 9.63. The summed E-state index contributed by atoms with van der Waals surface area (Å²) in [7, 11) is 0. The summed E-state index contributed by atoms with van der Waals surface area (Å²) in [4.78, 5) is 26.6. The summed E-state index contributed by atoms with van der Waals surface area (Å²) in [5.41, 5.74) is 2.18. The van der Waals surface area contributed by atoms with Crippen LogP contribution < -0.4 is 5.32 Å². The van der Waals surface area contributed by atoms with Crippen LogP contribution in [0.4, 0.5) is 0 Å². The van der Waals surface area contributed by atoms with E-state index in [4.69, 9.17) is 4.74 Å². The summed E-state index contributed by atoms with van der Waals surface area (Å²) in [6.07, 6.45) is 1.89. The average Bonchev–Trinajstić information content (AvgIpc) is 2.64. The molecule has 2 amide bonds. The number of hydrogen-bond donors (Lipinski definition) is 1. The van der Waals surface area contributed by atoms with Crippen LogP contribution in [0.1, 0.15) is 51.7 Å². The Hall–Kier alpha value is -1.88. The first-order valence-electron chi connectivity index (χ1n) is 9.63. The van der Waals surface area contributed by atoms with Crippen molar-refractivity contribution in [1.82, 2.24) is 10.2 Å². The van der Waals surface area contributed by atoms with Gasteiger partial charge in [0.1, 0.15) is 0 Å². The number of amides is 2. The van der Waals surface area contributed by atoms with Gasteiger partial charge in [-0.25, -0.2) is 0 Å². The van der Waals surface area contributed by atoms with Crippen molar-refractivity contribution >= 4 is 11.8 Å². The van der Waals surface area contributed by atoms with Gasteiger partial charge in [0, 0.05) is 25.6 Å². The van der Waals surface area contributed by atoms with Crippen molar-refractivity contribution in [3.8, 4) is 0 Å². The van der Waals surface area contributed by atoms with Gasteiger partial charge in [-0.15, -0.1) is 0 Å². The Kier molecular flexibility index (Phi) is 7.64. The molecule has 0 spiro atoms. The molecular weight excluding hydrogens is 328 g/mol. The van der Waals surface area contributed by atoms with E-state index < -0.39 is 0 Å². The summed E-state index contributed by atoms with van der Waals surface area (Å²) in [5.74, 6) is 0.0275. The van der Waals surface area contributed by atoms with Crippen molar-refractivity contribution in [2.24, 2.45) is 11.8 Å². The molecule has 1 atom stereocenters. The van der Waals surface area contributed by atoms with E-state index >= 15 is 0 Å². The Morgan fingerprint density at radius 1 is 1.19 bits per heavy atom. The van der Waals surface area contributed by atoms with Crippen LogP contribution in [-0.2, 0) is 27.5 Å². The van der Waals surface area contributed by atoms with E-state index in [1.807, 2.05) is 56.9 Å². The number of carbonyl (C=O) groups is 2. The number of nitrogens with one attached hydrogen (secondary N) is 1. The Morgan fingerprint density at radius 2 is 1.88 bits per heavy atom. The van der Waals surface area contributed by atoms with Crippen LogP contribution >= 0.6 is 0 Å². The highest BCUT2D eigenvalue weighted by Crippen LogP contribution is 2.19. The van der Waals surface area contributed by atoms with E-state index in [-0.39, 0.29) is 29.8 Å². The molecule has 2 rings (SSSR count).